The smallest absolute Gasteiger partial charge is 0.341 e. The molecule has 1 aromatic heterocycles. The van der Waals surface area contributed by atoms with Crippen LogP contribution in [0.2, 0.25) is 0 Å². The summed E-state index contributed by atoms with van der Waals surface area (Å²) in [5.74, 6) is 0.465. The Labute approximate surface area is 131 Å². The van der Waals surface area contributed by atoms with E-state index in [-0.39, 0.29) is 12.5 Å². The van der Waals surface area contributed by atoms with Crippen molar-refractivity contribution in [3.05, 3.63) is 45.7 Å². The first-order valence-corrected chi connectivity index (χ1v) is 7.35. The predicted molar refractivity (Wildman–Crippen MR) is 82.5 cm³/mol. The molecule has 0 atom stereocenters. The van der Waals surface area contributed by atoms with Crippen LogP contribution in [0.5, 0.6) is 5.75 Å². The number of benzene rings is 1. The highest BCUT2D eigenvalue weighted by atomic mass is 79.9. The van der Waals surface area contributed by atoms with E-state index >= 15 is 0 Å². The second kappa shape index (κ2) is 6.76. The van der Waals surface area contributed by atoms with Crippen molar-refractivity contribution in [3.8, 4) is 5.75 Å². The van der Waals surface area contributed by atoms with Crippen molar-refractivity contribution in [3.63, 3.8) is 0 Å². The monoisotopic (exact) mass is 352 g/mol. The predicted octanol–water partition coefficient (Wildman–Crippen LogP) is 3.66. The molecule has 1 aromatic carbocycles. The van der Waals surface area contributed by atoms with Gasteiger partial charge < -0.3 is 9.47 Å². The van der Waals surface area contributed by atoms with Gasteiger partial charge in [0.2, 0.25) is 0 Å². The van der Waals surface area contributed by atoms with Gasteiger partial charge in [0.25, 0.3) is 0 Å². The highest BCUT2D eigenvalue weighted by molar-refractivity contribution is 9.10. The molecule has 0 saturated carbocycles. The number of halogens is 1. The topological polar surface area (TPSA) is 64.2 Å². The number of ether oxygens (including phenoxy) is 2. The summed E-state index contributed by atoms with van der Waals surface area (Å²) in [6, 6.07) is 5.56. The van der Waals surface area contributed by atoms with Crippen LogP contribution in [-0.4, -0.2) is 23.3 Å². The Morgan fingerprint density at radius 2 is 2.19 bits per heavy atom. The van der Waals surface area contributed by atoms with Gasteiger partial charge in [-0.1, -0.05) is 29.8 Å². The maximum absolute atomic E-state index is 12.2. The molecule has 5 nitrogen and oxygen atoms in total. The molecule has 0 amide bonds. The molecule has 0 fully saturated rings. The maximum Gasteiger partial charge on any atom is 0.341 e. The second-order valence-electron chi connectivity index (χ2n) is 4.88. The Kier molecular flexibility index (Phi) is 5.01. The lowest BCUT2D eigenvalue weighted by atomic mass is 10.1. The summed E-state index contributed by atoms with van der Waals surface area (Å²) in [6.07, 6.45) is 1.50. The average Bonchev–Trinajstić information content (AvgIpc) is 2.94. The third-order valence-electron chi connectivity index (χ3n) is 3.07. The van der Waals surface area contributed by atoms with E-state index in [4.69, 9.17) is 9.47 Å². The molecule has 0 aliphatic rings. The average molecular weight is 353 g/mol. The first-order valence-electron chi connectivity index (χ1n) is 6.55. The van der Waals surface area contributed by atoms with Crippen LogP contribution < -0.4 is 4.74 Å². The van der Waals surface area contributed by atoms with E-state index < -0.39 is 5.97 Å². The van der Waals surface area contributed by atoms with E-state index in [9.17, 15) is 4.79 Å². The molecule has 0 spiro atoms. The van der Waals surface area contributed by atoms with E-state index in [1.807, 2.05) is 32.0 Å². The number of aromatic nitrogens is 2. The normalized spacial score (nSPS) is 10.7. The molecule has 0 aliphatic heterocycles. The van der Waals surface area contributed by atoms with E-state index in [1.54, 1.807) is 7.11 Å². The minimum absolute atomic E-state index is 0.143. The number of carbonyl (C=O) groups excluding carboxylic acids is 1. The van der Waals surface area contributed by atoms with Crippen LogP contribution in [0.4, 0.5) is 0 Å². The van der Waals surface area contributed by atoms with Crippen LogP contribution in [0.15, 0.2) is 28.9 Å². The molecule has 112 valence electrons. The van der Waals surface area contributed by atoms with Crippen LogP contribution in [0, 0.1) is 0 Å². The molecule has 6 heteroatoms. The van der Waals surface area contributed by atoms with Gasteiger partial charge in [0, 0.05) is 10.0 Å². The molecule has 0 unspecified atom stereocenters. The standard InChI is InChI=1S/C15H17BrN2O3/c1-9(2)14-12(7-17-18-14)15(19)21-8-10-6-11(16)4-5-13(10)20-3/h4-7,9H,8H2,1-3H3,(H,17,18). The van der Waals surface area contributed by atoms with Crippen LogP contribution >= 0.6 is 15.9 Å². The van der Waals surface area contributed by atoms with Crippen LogP contribution in [0.1, 0.15) is 41.4 Å². The van der Waals surface area contributed by atoms with Crippen molar-refractivity contribution in [1.29, 1.82) is 0 Å². The van der Waals surface area contributed by atoms with Crippen molar-refractivity contribution < 1.29 is 14.3 Å². The van der Waals surface area contributed by atoms with Gasteiger partial charge >= 0.3 is 5.97 Å². The Bertz CT molecular complexity index is 638. The van der Waals surface area contributed by atoms with Gasteiger partial charge in [0.05, 0.1) is 19.0 Å². The summed E-state index contributed by atoms with van der Waals surface area (Å²) < 4.78 is 11.5. The lowest BCUT2D eigenvalue weighted by molar-refractivity contribution is 0.0468. The molecule has 2 aromatic rings. The number of aromatic amines is 1. The quantitative estimate of drug-likeness (QED) is 0.834. The first kappa shape index (κ1) is 15.6. The van der Waals surface area contributed by atoms with Gasteiger partial charge in [-0.3, -0.25) is 5.10 Å². The number of esters is 1. The number of H-pyrrole nitrogens is 1. The van der Waals surface area contributed by atoms with Crippen molar-refractivity contribution in [2.75, 3.05) is 7.11 Å². The van der Waals surface area contributed by atoms with Crippen LogP contribution in [-0.2, 0) is 11.3 Å². The molecular formula is C15H17BrN2O3. The molecule has 1 N–H and O–H groups in total. The van der Waals surface area contributed by atoms with E-state index in [0.29, 0.717) is 11.3 Å². The van der Waals surface area contributed by atoms with E-state index in [0.717, 1.165) is 15.7 Å². The molecule has 21 heavy (non-hydrogen) atoms. The number of carbonyl (C=O) groups is 1. The summed E-state index contributed by atoms with van der Waals surface area (Å²) in [5.41, 5.74) is 2.05. The number of hydrogen-bond donors (Lipinski definition) is 1. The molecule has 2 rings (SSSR count). The lowest BCUT2D eigenvalue weighted by Crippen LogP contribution is -2.08. The number of nitrogens with one attached hydrogen (secondary N) is 1. The first-order chi connectivity index (χ1) is 10.0. The van der Waals surface area contributed by atoms with Crippen molar-refractivity contribution in [2.45, 2.75) is 26.4 Å². The number of rotatable bonds is 5. The summed E-state index contributed by atoms with van der Waals surface area (Å²) in [6.45, 7) is 4.12. The molecule has 0 saturated heterocycles. The third kappa shape index (κ3) is 3.64. The number of methoxy groups -OCH3 is 1. The van der Waals surface area contributed by atoms with Gasteiger partial charge in [-0.15, -0.1) is 0 Å². The van der Waals surface area contributed by atoms with E-state index in [2.05, 4.69) is 26.1 Å². The Balaban J connectivity index is 2.11. The van der Waals surface area contributed by atoms with Gasteiger partial charge in [0.15, 0.2) is 0 Å². The number of nitrogens with zero attached hydrogens (tertiary/aromatic N) is 1. The summed E-state index contributed by atoms with van der Waals surface area (Å²) >= 11 is 3.39. The molecule has 1 heterocycles. The second-order valence-corrected chi connectivity index (χ2v) is 5.80. The lowest BCUT2D eigenvalue weighted by Gasteiger charge is -2.10. The van der Waals surface area contributed by atoms with Gasteiger partial charge in [-0.25, -0.2) is 4.79 Å². The fourth-order valence-electron chi connectivity index (χ4n) is 1.98. The highest BCUT2D eigenvalue weighted by Crippen LogP contribution is 2.24. The zero-order valence-corrected chi connectivity index (χ0v) is 13.7. The SMILES string of the molecule is COc1ccc(Br)cc1COC(=O)c1cn[nH]c1C(C)C. The maximum atomic E-state index is 12.2. The largest absolute Gasteiger partial charge is 0.496 e. The third-order valence-corrected chi connectivity index (χ3v) is 3.56. The summed E-state index contributed by atoms with van der Waals surface area (Å²) in [4.78, 5) is 12.2. The Morgan fingerprint density at radius 1 is 1.43 bits per heavy atom. The summed E-state index contributed by atoms with van der Waals surface area (Å²) in [5, 5.41) is 6.74. The van der Waals surface area contributed by atoms with Gasteiger partial charge in [-0.2, -0.15) is 5.10 Å². The highest BCUT2D eigenvalue weighted by Gasteiger charge is 2.18. The fourth-order valence-corrected chi connectivity index (χ4v) is 2.39. The number of hydrogen-bond acceptors (Lipinski definition) is 4. The van der Waals surface area contributed by atoms with Crippen molar-refractivity contribution >= 4 is 21.9 Å². The van der Waals surface area contributed by atoms with Gasteiger partial charge in [0.1, 0.15) is 17.9 Å². The zero-order valence-electron chi connectivity index (χ0n) is 12.1. The van der Waals surface area contributed by atoms with Crippen LogP contribution in [0.3, 0.4) is 0 Å². The zero-order chi connectivity index (χ0) is 15.4. The minimum Gasteiger partial charge on any atom is -0.496 e. The molecular weight excluding hydrogens is 336 g/mol. The van der Waals surface area contributed by atoms with Gasteiger partial charge in [-0.05, 0) is 24.1 Å². The van der Waals surface area contributed by atoms with E-state index in [1.165, 1.54) is 6.20 Å². The fraction of sp³-hybridized carbons (Fsp3) is 0.333. The van der Waals surface area contributed by atoms with Crippen molar-refractivity contribution in [1.82, 2.24) is 10.2 Å². The Hall–Kier alpha value is -1.82. The Morgan fingerprint density at radius 3 is 2.86 bits per heavy atom. The van der Waals surface area contributed by atoms with Crippen LogP contribution in [0.25, 0.3) is 0 Å². The molecule has 0 bridgehead atoms. The minimum atomic E-state index is -0.394. The molecule has 0 aliphatic carbocycles. The van der Waals surface area contributed by atoms with Crippen molar-refractivity contribution in [2.24, 2.45) is 0 Å². The molecule has 0 radical (unpaired) electrons. The summed E-state index contributed by atoms with van der Waals surface area (Å²) in [7, 11) is 1.58.